The van der Waals surface area contributed by atoms with Gasteiger partial charge in [-0.05, 0) is 0 Å². The van der Waals surface area contributed by atoms with E-state index in [4.69, 9.17) is 16.6 Å². The van der Waals surface area contributed by atoms with Gasteiger partial charge in [0.25, 0.3) is 0 Å². The van der Waals surface area contributed by atoms with E-state index in [2.05, 4.69) is 4.74 Å². The van der Waals surface area contributed by atoms with Gasteiger partial charge in [-0.2, -0.15) is 0 Å². The Morgan fingerprint density at radius 2 is 2.20 bits per heavy atom. The molecule has 6 nitrogen and oxygen atoms in total. The summed E-state index contributed by atoms with van der Waals surface area (Å²) in [4.78, 5) is 19.7. The number of carboxylic acids is 1. The maximum absolute atomic E-state index is 9.93. The minimum atomic E-state index is -1.28. The lowest BCUT2D eigenvalue weighted by molar-refractivity contribution is -0.139. The molecule has 1 unspecified atom stereocenters. The Labute approximate surface area is 56.7 Å². The highest BCUT2D eigenvalue weighted by Crippen LogP contribution is 1.81. The zero-order chi connectivity index (χ0) is 8.15. The highest BCUT2D eigenvalue weighted by Gasteiger charge is 2.12. The van der Waals surface area contributed by atoms with Crippen LogP contribution in [0.4, 0.5) is 4.79 Å². The number of hydrogen-bond acceptors (Lipinski definition) is 4. The van der Waals surface area contributed by atoms with Crippen LogP contribution < -0.4 is 11.5 Å². The molecule has 57 valence electrons. The number of carbonyl (C=O) groups is 2. The van der Waals surface area contributed by atoms with Crippen molar-refractivity contribution in [2.75, 3.05) is 6.61 Å². The molecule has 6 heteroatoms. The zero-order valence-corrected chi connectivity index (χ0v) is 5.03. The maximum Gasteiger partial charge on any atom is 0.426 e. The van der Waals surface area contributed by atoms with E-state index in [9.17, 15) is 9.59 Å². The topological polar surface area (TPSA) is 113 Å². The predicted molar refractivity (Wildman–Crippen MR) is 30.1 cm³/mol. The minimum absolute atomic E-state index is 0.461. The van der Waals surface area contributed by atoms with Gasteiger partial charge < -0.3 is 15.6 Å². The Bertz CT molecular complexity index is 146. The molecular formula is C4H7N2O4. The molecule has 0 saturated heterocycles. The van der Waals surface area contributed by atoms with Gasteiger partial charge in [0.15, 0.2) is 0 Å². The van der Waals surface area contributed by atoms with Crippen molar-refractivity contribution < 1.29 is 19.4 Å². The highest BCUT2D eigenvalue weighted by atomic mass is 16.5. The zero-order valence-electron chi connectivity index (χ0n) is 5.03. The van der Waals surface area contributed by atoms with Gasteiger partial charge in [-0.15, -0.1) is 0 Å². The first-order valence-corrected chi connectivity index (χ1v) is 2.40. The second-order valence-electron chi connectivity index (χ2n) is 1.54. The molecule has 0 aromatic carbocycles. The normalized spacial score (nSPS) is 12.1. The SMILES string of the molecule is [NH]C(=O)OCC(N)C(=O)O. The summed E-state index contributed by atoms with van der Waals surface area (Å²) in [7, 11) is 0. The molecular weight excluding hydrogens is 140 g/mol. The van der Waals surface area contributed by atoms with Gasteiger partial charge in [-0.3, -0.25) is 4.79 Å². The molecule has 0 aliphatic rings. The van der Waals surface area contributed by atoms with Gasteiger partial charge in [0.2, 0.25) is 0 Å². The molecule has 0 bridgehead atoms. The van der Waals surface area contributed by atoms with Crippen molar-refractivity contribution in [3.63, 3.8) is 0 Å². The Morgan fingerprint density at radius 3 is 2.50 bits per heavy atom. The molecule has 0 spiro atoms. The average Bonchev–Trinajstić information content (AvgIpc) is 1.82. The van der Waals surface area contributed by atoms with Gasteiger partial charge in [0, 0.05) is 0 Å². The molecule has 4 N–H and O–H groups in total. The van der Waals surface area contributed by atoms with Crippen LogP contribution in [0.2, 0.25) is 0 Å². The Morgan fingerprint density at radius 1 is 1.70 bits per heavy atom. The second-order valence-corrected chi connectivity index (χ2v) is 1.54. The lowest BCUT2D eigenvalue weighted by atomic mass is 10.3. The first-order valence-electron chi connectivity index (χ1n) is 2.40. The van der Waals surface area contributed by atoms with Crippen LogP contribution >= 0.6 is 0 Å². The first-order chi connectivity index (χ1) is 4.54. The van der Waals surface area contributed by atoms with Gasteiger partial charge in [0.05, 0.1) is 0 Å². The van der Waals surface area contributed by atoms with Crippen molar-refractivity contribution in [3.05, 3.63) is 0 Å². The van der Waals surface area contributed by atoms with E-state index in [-0.39, 0.29) is 0 Å². The number of nitrogens with two attached hydrogens (primary N) is 1. The lowest BCUT2D eigenvalue weighted by Gasteiger charge is -2.03. The van der Waals surface area contributed by atoms with E-state index in [0.29, 0.717) is 0 Å². The lowest BCUT2D eigenvalue weighted by Crippen LogP contribution is -2.35. The van der Waals surface area contributed by atoms with Crippen LogP contribution in [-0.2, 0) is 9.53 Å². The van der Waals surface area contributed by atoms with Crippen LogP contribution in [0.25, 0.3) is 0 Å². The van der Waals surface area contributed by atoms with Crippen molar-refractivity contribution in [2.45, 2.75) is 6.04 Å². The molecule has 0 aliphatic carbocycles. The number of nitrogens with one attached hydrogen (secondary N) is 1. The van der Waals surface area contributed by atoms with Crippen LogP contribution in [-0.4, -0.2) is 29.8 Å². The van der Waals surface area contributed by atoms with Crippen molar-refractivity contribution in [2.24, 2.45) is 5.73 Å². The molecule has 0 heterocycles. The number of ether oxygens (including phenoxy) is 1. The minimum Gasteiger partial charge on any atom is -0.480 e. The number of hydrogen-bond donors (Lipinski definition) is 2. The van der Waals surface area contributed by atoms with Crippen molar-refractivity contribution in [1.82, 2.24) is 5.73 Å². The fourth-order valence-corrected chi connectivity index (χ4v) is 0.237. The summed E-state index contributed by atoms with van der Waals surface area (Å²) in [6.45, 7) is -0.461. The van der Waals surface area contributed by atoms with E-state index in [0.717, 1.165) is 0 Å². The quantitative estimate of drug-likeness (QED) is 0.521. The first kappa shape index (κ1) is 8.70. The van der Waals surface area contributed by atoms with Gasteiger partial charge in [-0.25, -0.2) is 10.5 Å². The molecule has 0 fully saturated rings. The van der Waals surface area contributed by atoms with Gasteiger partial charge in [-0.1, -0.05) is 0 Å². The molecule has 0 aromatic heterocycles. The Hall–Kier alpha value is -1.30. The van der Waals surface area contributed by atoms with Crippen LogP contribution in [0.1, 0.15) is 0 Å². The van der Waals surface area contributed by atoms with Crippen LogP contribution in [0.3, 0.4) is 0 Å². The third-order valence-corrected chi connectivity index (χ3v) is 0.711. The largest absolute Gasteiger partial charge is 0.480 e. The van der Waals surface area contributed by atoms with Crippen molar-refractivity contribution >= 4 is 12.1 Å². The Balaban J connectivity index is 3.49. The standard InChI is InChI=1S/C4H7N2O4/c5-2(3(7)8)1-10-4(6)9/h2,6H,1,5H2,(H,7,8). The van der Waals surface area contributed by atoms with Crippen molar-refractivity contribution in [1.29, 1.82) is 0 Å². The van der Waals surface area contributed by atoms with Gasteiger partial charge >= 0.3 is 12.1 Å². The number of aliphatic carboxylic acids is 1. The monoisotopic (exact) mass is 147 g/mol. The summed E-state index contributed by atoms with van der Waals surface area (Å²) >= 11 is 0. The summed E-state index contributed by atoms with van der Waals surface area (Å²) in [5, 5.41) is 8.12. The molecule has 1 radical (unpaired) electrons. The van der Waals surface area contributed by atoms with E-state index < -0.39 is 24.7 Å². The fourth-order valence-electron chi connectivity index (χ4n) is 0.237. The number of carboxylic acid groups (broad SMARTS) is 1. The maximum atomic E-state index is 9.93. The fraction of sp³-hybridized carbons (Fsp3) is 0.500. The third kappa shape index (κ3) is 3.67. The molecule has 0 aliphatic heterocycles. The summed E-state index contributed by atoms with van der Waals surface area (Å²) in [6.07, 6.45) is -1.28. The highest BCUT2D eigenvalue weighted by molar-refractivity contribution is 5.73. The molecule has 10 heavy (non-hydrogen) atoms. The summed E-state index contributed by atoms with van der Waals surface area (Å²) in [5.74, 6) is -1.26. The van der Waals surface area contributed by atoms with E-state index in [1.807, 2.05) is 0 Å². The van der Waals surface area contributed by atoms with Crippen LogP contribution in [0.5, 0.6) is 0 Å². The van der Waals surface area contributed by atoms with Crippen molar-refractivity contribution in [3.8, 4) is 0 Å². The second kappa shape index (κ2) is 3.67. The molecule has 1 amide bonds. The number of rotatable bonds is 3. The molecule has 0 aromatic rings. The van der Waals surface area contributed by atoms with E-state index >= 15 is 0 Å². The molecule has 1 atom stereocenters. The summed E-state index contributed by atoms with van der Waals surface area (Å²) in [5.41, 5.74) is 11.1. The smallest absolute Gasteiger partial charge is 0.426 e. The van der Waals surface area contributed by atoms with E-state index in [1.54, 1.807) is 0 Å². The molecule has 0 rings (SSSR count). The Kier molecular flexibility index (Phi) is 3.20. The summed E-state index contributed by atoms with van der Waals surface area (Å²) in [6, 6.07) is -1.24. The molecule has 0 saturated carbocycles. The van der Waals surface area contributed by atoms with Crippen LogP contribution in [0, 0.1) is 0 Å². The van der Waals surface area contributed by atoms with Crippen LogP contribution in [0.15, 0.2) is 0 Å². The van der Waals surface area contributed by atoms with Gasteiger partial charge in [0.1, 0.15) is 12.6 Å². The average molecular weight is 147 g/mol. The summed E-state index contributed by atoms with van der Waals surface area (Å²) < 4.78 is 3.99. The third-order valence-electron chi connectivity index (χ3n) is 0.711. The van der Waals surface area contributed by atoms with E-state index in [1.165, 1.54) is 0 Å². The predicted octanol–water partition coefficient (Wildman–Crippen LogP) is -1.18. The number of carbonyl (C=O) groups excluding carboxylic acids is 1. The number of amides is 1.